The Kier molecular flexibility index (Phi) is 28.1. The van der Waals surface area contributed by atoms with Crippen molar-refractivity contribution in [1.82, 2.24) is 57.2 Å². The summed E-state index contributed by atoms with van der Waals surface area (Å²) in [6.07, 6.45) is 8.24. The van der Waals surface area contributed by atoms with Crippen molar-refractivity contribution in [2.75, 3.05) is 26.2 Å². The van der Waals surface area contributed by atoms with Gasteiger partial charge in [0.1, 0.15) is 42.3 Å². The Morgan fingerprint density at radius 2 is 0.945 bits per heavy atom. The lowest BCUT2D eigenvalue weighted by Gasteiger charge is -2.28. The summed E-state index contributed by atoms with van der Waals surface area (Å²) in [4.78, 5) is 130. The number of nitrogens with one attached hydrogen (secondary N) is 9. The van der Waals surface area contributed by atoms with Gasteiger partial charge < -0.3 is 92.4 Å². The normalized spacial score (nSPS) is 14.3. The van der Waals surface area contributed by atoms with Gasteiger partial charge in [0.25, 0.3) is 0 Å². The average Bonchev–Trinajstić information content (AvgIpc) is 4.06. The summed E-state index contributed by atoms with van der Waals surface area (Å²) in [5.74, 6) is -7.63. The lowest BCUT2D eigenvalue weighted by Crippen LogP contribution is -2.61. The van der Waals surface area contributed by atoms with Crippen LogP contribution < -0.4 is 77.4 Å². The highest BCUT2D eigenvalue weighted by Gasteiger charge is 2.35. The fraction of sp³-hybridized carbons (Fsp3) is 0.636. The van der Waals surface area contributed by atoms with Gasteiger partial charge in [-0.2, -0.15) is 0 Å². The first-order valence-corrected chi connectivity index (χ1v) is 24.2. The standard InChI is InChI=1S/C44H78N20O9/c1-24(2)34(41(71)58-25(3)35(65)59-29(11-5-7-15-46)39(69)63-33(42(72)73)19-27-21-53-23-57-27)64-40(70)32(18-26-20-52-22-56-26)62-38(68)31(13-9-17-55-44(50)51)61-37(67)30(12-8-16-54-43(48)49)60-36(66)28(47)10-4-6-14-45/h20-25,28-34H,4-19,45-47H2,1-3H3,(H,52,56)(H,53,57)(H,58,71)(H,59,65)(H,60,66)(H,61,67)(H,62,68)(H,63,69)(H,64,70)(H,72,73)(H4,48,49,54)(H4,50,51,55)/t25-,28-,29-,30-,31-,32-,33-,34-/m0/s1. The maximum atomic E-state index is 14.3. The molecule has 0 aromatic carbocycles. The maximum absolute atomic E-state index is 14.3. The van der Waals surface area contributed by atoms with E-state index in [1.165, 1.54) is 32.0 Å². The summed E-state index contributed by atoms with van der Waals surface area (Å²) >= 11 is 0. The molecule has 0 aliphatic heterocycles. The van der Waals surface area contributed by atoms with E-state index in [0.29, 0.717) is 56.6 Å². The number of nitrogens with two attached hydrogens (primary N) is 7. The van der Waals surface area contributed by atoms with E-state index in [0.717, 1.165) is 0 Å². The van der Waals surface area contributed by atoms with Gasteiger partial charge in [0.05, 0.1) is 18.7 Å². The van der Waals surface area contributed by atoms with E-state index < -0.39 is 102 Å². The molecule has 0 saturated carbocycles. The van der Waals surface area contributed by atoms with Crippen LogP contribution in [0.4, 0.5) is 0 Å². The van der Waals surface area contributed by atoms with Crippen LogP contribution in [-0.2, 0) is 51.2 Å². The number of carbonyl (C=O) groups excluding carboxylic acids is 7. The van der Waals surface area contributed by atoms with Gasteiger partial charge in [-0.3, -0.25) is 43.5 Å². The van der Waals surface area contributed by atoms with Crippen LogP contribution in [0.2, 0.25) is 0 Å². The van der Waals surface area contributed by atoms with Crippen molar-refractivity contribution in [3.63, 3.8) is 0 Å². The molecule has 7 amide bonds. The highest BCUT2D eigenvalue weighted by Crippen LogP contribution is 2.11. The van der Waals surface area contributed by atoms with E-state index >= 15 is 0 Å². The third-order valence-corrected chi connectivity index (χ3v) is 11.2. The molecule has 8 atom stereocenters. The number of H-pyrrole nitrogens is 2. The summed E-state index contributed by atoms with van der Waals surface area (Å²) in [6, 6.07) is -10.00. The van der Waals surface area contributed by atoms with Crippen LogP contribution in [0.5, 0.6) is 0 Å². The number of amides is 7. The number of imidazole rings is 2. The van der Waals surface area contributed by atoms with Crippen molar-refractivity contribution in [3.8, 4) is 0 Å². The number of rotatable bonds is 36. The number of unbranched alkanes of at least 4 members (excludes halogenated alkanes) is 2. The number of aliphatic carboxylic acids is 1. The van der Waals surface area contributed by atoms with Crippen molar-refractivity contribution in [2.24, 2.45) is 56.0 Å². The smallest absolute Gasteiger partial charge is 0.326 e. The molecule has 0 bridgehead atoms. The van der Waals surface area contributed by atoms with Gasteiger partial charge in [0.15, 0.2) is 11.9 Å². The quantitative estimate of drug-likeness (QED) is 0.0172. The molecule has 2 aromatic rings. The number of guanidine groups is 2. The lowest BCUT2D eigenvalue weighted by molar-refractivity contribution is -0.142. The Morgan fingerprint density at radius 1 is 0.534 bits per heavy atom. The Labute approximate surface area is 423 Å². The molecule has 2 aromatic heterocycles. The first-order chi connectivity index (χ1) is 34.7. The van der Waals surface area contributed by atoms with E-state index in [2.05, 4.69) is 67.1 Å². The van der Waals surface area contributed by atoms with Crippen molar-refractivity contribution in [1.29, 1.82) is 0 Å². The molecule has 0 fully saturated rings. The zero-order valence-corrected chi connectivity index (χ0v) is 41.9. The summed E-state index contributed by atoms with van der Waals surface area (Å²) in [5, 5.41) is 28.1. The number of carbonyl (C=O) groups is 8. The molecule has 29 heteroatoms. The number of hydrogen-bond donors (Lipinski definition) is 17. The molecule has 2 heterocycles. The topological polar surface area (TPSA) is 505 Å². The zero-order valence-electron chi connectivity index (χ0n) is 41.9. The van der Waals surface area contributed by atoms with Gasteiger partial charge in [-0.25, -0.2) is 14.8 Å². The highest BCUT2D eigenvalue weighted by atomic mass is 16.4. The third-order valence-electron chi connectivity index (χ3n) is 11.2. The molecule has 0 aliphatic carbocycles. The molecule has 0 saturated heterocycles. The predicted octanol–water partition coefficient (Wildman–Crippen LogP) is -5.24. The van der Waals surface area contributed by atoms with E-state index in [4.69, 9.17) is 40.1 Å². The fourth-order valence-corrected chi connectivity index (χ4v) is 7.14. The van der Waals surface area contributed by atoms with Crippen LogP contribution in [0.15, 0.2) is 35.0 Å². The molecule has 0 aliphatic rings. The summed E-state index contributed by atoms with van der Waals surface area (Å²) in [5.41, 5.74) is 40.2. The SMILES string of the molecule is CC(C)[C@H](NC(=O)[C@H](Cc1cnc[nH]1)NC(=O)[C@H](CCCN=C(N)N)NC(=O)[C@H](CCCN=C(N)N)NC(=O)[C@@H](N)CCCCN)C(=O)N[C@@H](C)C(=O)N[C@@H](CCCCN)C(=O)N[C@@H](Cc1cnc[nH]1)C(=O)O. The van der Waals surface area contributed by atoms with Crippen molar-refractivity contribution >= 4 is 59.2 Å². The van der Waals surface area contributed by atoms with Gasteiger partial charge in [-0.1, -0.05) is 20.3 Å². The predicted molar refractivity (Wildman–Crippen MR) is 270 cm³/mol. The minimum atomic E-state index is -1.39. The van der Waals surface area contributed by atoms with Gasteiger partial charge in [0.2, 0.25) is 41.4 Å². The molecular formula is C44H78N20O9. The van der Waals surface area contributed by atoms with Crippen LogP contribution in [0.1, 0.15) is 96.4 Å². The van der Waals surface area contributed by atoms with Crippen molar-refractivity contribution in [3.05, 3.63) is 36.4 Å². The maximum Gasteiger partial charge on any atom is 0.326 e. The zero-order chi connectivity index (χ0) is 54.5. The van der Waals surface area contributed by atoms with E-state index in [9.17, 15) is 43.5 Å². The molecule has 0 radical (unpaired) electrons. The second-order valence-electron chi connectivity index (χ2n) is 17.7. The number of aliphatic imine (C=N–C) groups is 2. The molecule has 408 valence electrons. The molecule has 0 spiro atoms. The van der Waals surface area contributed by atoms with Gasteiger partial charge in [0, 0.05) is 49.7 Å². The number of carboxylic acids is 1. The molecular weight excluding hydrogens is 953 g/mol. The molecule has 0 unspecified atom stereocenters. The van der Waals surface area contributed by atoms with Gasteiger partial charge >= 0.3 is 5.97 Å². The second kappa shape index (κ2) is 33.3. The first kappa shape index (κ1) is 61.7. The largest absolute Gasteiger partial charge is 0.480 e. The Hall–Kier alpha value is -7.40. The van der Waals surface area contributed by atoms with Crippen LogP contribution in [0.3, 0.4) is 0 Å². The van der Waals surface area contributed by atoms with Crippen LogP contribution in [0, 0.1) is 5.92 Å². The Morgan fingerprint density at radius 3 is 1.38 bits per heavy atom. The van der Waals surface area contributed by atoms with Gasteiger partial charge in [-0.15, -0.1) is 0 Å². The molecule has 24 N–H and O–H groups in total. The minimum absolute atomic E-state index is 0.0429. The lowest BCUT2D eigenvalue weighted by atomic mass is 10.0. The minimum Gasteiger partial charge on any atom is -0.480 e. The van der Waals surface area contributed by atoms with Crippen molar-refractivity contribution in [2.45, 2.75) is 146 Å². The number of carboxylic acid groups (broad SMARTS) is 1. The number of nitrogens with zero attached hydrogens (tertiary/aromatic N) is 4. The third kappa shape index (κ3) is 24.0. The molecule has 73 heavy (non-hydrogen) atoms. The summed E-state index contributed by atoms with van der Waals surface area (Å²) in [7, 11) is 0. The number of hydrogen-bond acceptors (Lipinski definition) is 15. The summed E-state index contributed by atoms with van der Waals surface area (Å²) in [6.45, 7) is 5.54. The monoisotopic (exact) mass is 1030 g/mol. The Bertz CT molecular complexity index is 2090. The van der Waals surface area contributed by atoms with Crippen LogP contribution in [-0.4, -0.2) is 159 Å². The van der Waals surface area contributed by atoms with E-state index in [1.54, 1.807) is 13.8 Å². The Balaban J connectivity index is 2.35. The van der Waals surface area contributed by atoms with Crippen LogP contribution >= 0.6 is 0 Å². The number of aromatic amines is 2. The second-order valence-corrected chi connectivity index (χ2v) is 17.7. The van der Waals surface area contributed by atoms with Crippen molar-refractivity contribution < 1.29 is 43.5 Å². The van der Waals surface area contributed by atoms with Gasteiger partial charge in [-0.05, 0) is 83.7 Å². The fourth-order valence-electron chi connectivity index (χ4n) is 7.14. The van der Waals surface area contributed by atoms with E-state index in [1.807, 2.05) is 0 Å². The van der Waals surface area contributed by atoms with Crippen LogP contribution in [0.25, 0.3) is 0 Å². The summed E-state index contributed by atoms with van der Waals surface area (Å²) < 4.78 is 0. The molecule has 2 rings (SSSR count). The van der Waals surface area contributed by atoms with E-state index in [-0.39, 0.29) is 70.0 Å². The average molecular weight is 1030 g/mol. The highest BCUT2D eigenvalue weighted by molar-refractivity contribution is 5.97. The number of aromatic nitrogens is 4. The molecule has 29 nitrogen and oxygen atoms in total. The first-order valence-electron chi connectivity index (χ1n) is 24.2.